The molecule has 12 heavy (non-hydrogen) atoms. The van der Waals surface area contributed by atoms with Crippen molar-refractivity contribution in [1.82, 2.24) is 5.32 Å². The summed E-state index contributed by atoms with van der Waals surface area (Å²) in [5.41, 5.74) is 0. The molecule has 0 amide bonds. The molecular formula is C10H19NS. The zero-order chi connectivity index (χ0) is 8.65. The monoisotopic (exact) mass is 185 g/mol. The van der Waals surface area contributed by atoms with E-state index in [4.69, 9.17) is 0 Å². The van der Waals surface area contributed by atoms with Gasteiger partial charge in [0.1, 0.15) is 0 Å². The standard InChI is InChI=1S/C10H19NS/c1-11-7-3-2-4-10-5-8-12-9-6-10/h2-3,10-11H,4-9H2,1H3/b3-2-. The van der Waals surface area contributed by atoms with Crippen LogP contribution in [0.4, 0.5) is 0 Å². The lowest BCUT2D eigenvalue weighted by atomic mass is 9.99. The second-order valence-corrected chi connectivity index (χ2v) is 4.55. The van der Waals surface area contributed by atoms with Gasteiger partial charge in [0.15, 0.2) is 0 Å². The fourth-order valence-corrected chi connectivity index (χ4v) is 2.68. The lowest BCUT2D eigenvalue weighted by Crippen LogP contribution is -2.09. The molecule has 0 radical (unpaired) electrons. The van der Waals surface area contributed by atoms with Crippen LogP contribution in [0.25, 0.3) is 0 Å². The van der Waals surface area contributed by atoms with Gasteiger partial charge in [0, 0.05) is 6.54 Å². The maximum atomic E-state index is 3.11. The lowest BCUT2D eigenvalue weighted by Gasteiger charge is -2.19. The van der Waals surface area contributed by atoms with Gasteiger partial charge < -0.3 is 5.32 Å². The van der Waals surface area contributed by atoms with Gasteiger partial charge in [-0.3, -0.25) is 0 Å². The number of thioether (sulfide) groups is 1. The Morgan fingerprint density at radius 3 is 2.75 bits per heavy atom. The number of allylic oxidation sites excluding steroid dienone is 1. The van der Waals surface area contributed by atoms with E-state index in [-0.39, 0.29) is 0 Å². The van der Waals surface area contributed by atoms with Gasteiger partial charge in [0.25, 0.3) is 0 Å². The minimum atomic E-state index is 0.972. The molecule has 1 N–H and O–H groups in total. The van der Waals surface area contributed by atoms with Crippen LogP contribution in [0.3, 0.4) is 0 Å². The highest BCUT2D eigenvalue weighted by molar-refractivity contribution is 7.99. The van der Waals surface area contributed by atoms with Gasteiger partial charge in [-0.15, -0.1) is 0 Å². The first-order valence-corrected chi connectivity index (χ1v) is 5.96. The maximum absolute atomic E-state index is 3.11. The van der Waals surface area contributed by atoms with E-state index in [0.717, 1.165) is 12.5 Å². The van der Waals surface area contributed by atoms with Crippen molar-refractivity contribution in [3.63, 3.8) is 0 Å². The second kappa shape index (κ2) is 6.55. The van der Waals surface area contributed by atoms with Crippen molar-refractivity contribution < 1.29 is 0 Å². The number of rotatable bonds is 4. The lowest BCUT2D eigenvalue weighted by molar-refractivity contribution is 0.496. The normalized spacial score (nSPS) is 20.4. The van der Waals surface area contributed by atoms with Crippen molar-refractivity contribution in [2.45, 2.75) is 19.3 Å². The Kier molecular flexibility index (Phi) is 5.53. The molecule has 0 bridgehead atoms. The minimum absolute atomic E-state index is 0.972. The van der Waals surface area contributed by atoms with Crippen molar-refractivity contribution >= 4 is 11.8 Å². The average Bonchev–Trinajstić information content (AvgIpc) is 2.14. The molecule has 2 heteroatoms. The molecule has 0 aliphatic carbocycles. The summed E-state index contributed by atoms with van der Waals surface area (Å²) in [6, 6.07) is 0. The van der Waals surface area contributed by atoms with E-state index in [1.165, 1.54) is 30.8 Å². The van der Waals surface area contributed by atoms with Crippen LogP contribution in [0.2, 0.25) is 0 Å². The molecule has 1 fully saturated rings. The largest absolute Gasteiger partial charge is 0.316 e. The van der Waals surface area contributed by atoms with Crippen LogP contribution in [0, 0.1) is 5.92 Å². The molecule has 0 saturated carbocycles. The van der Waals surface area contributed by atoms with Crippen molar-refractivity contribution in [3.8, 4) is 0 Å². The first-order valence-electron chi connectivity index (χ1n) is 4.81. The van der Waals surface area contributed by atoms with E-state index in [1.54, 1.807) is 0 Å². The third kappa shape index (κ3) is 4.17. The Bertz CT molecular complexity index is 128. The van der Waals surface area contributed by atoms with Crippen LogP contribution < -0.4 is 5.32 Å². The molecule has 1 aliphatic heterocycles. The maximum Gasteiger partial charge on any atom is 0.0131 e. The highest BCUT2D eigenvalue weighted by Gasteiger charge is 2.11. The average molecular weight is 185 g/mol. The van der Waals surface area contributed by atoms with Gasteiger partial charge in [0.05, 0.1) is 0 Å². The predicted molar refractivity (Wildman–Crippen MR) is 57.7 cm³/mol. The summed E-state index contributed by atoms with van der Waals surface area (Å²) in [6.07, 6.45) is 8.71. The molecule has 0 aromatic heterocycles. The fourth-order valence-electron chi connectivity index (χ4n) is 1.47. The first-order chi connectivity index (χ1) is 5.93. The van der Waals surface area contributed by atoms with Crippen LogP contribution in [0.5, 0.6) is 0 Å². The third-order valence-electron chi connectivity index (χ3n) is 2.30. The third-order valence-corrected chi connectivity index (χ3v) is 3.35. The highest BCUT2D eigenvalue weighted by Crippen LogP contribution is 2.25. The molecule has 0 atom stereocenters. The van der Waals surface area contributed by atoms with Gasteiger partial charge in [-0.2, -0.15) is 11.8 Å². The molecule has 1 rings (SSSR count). The van der Waals surface area contributed by atoms with E-state index < -0.39 is 0 Å². The molecule has 1 heterocycles. The smallest absolute Gasteiger partial charge is 0.0131 e. The minimum Gasteiger partial charge on any atom is -0.316 e. The summed E-state index contributed by atoms with van der Waals surface area (Å²) in [6.45, 7) is 1.02. The molecule has 1 saturated heterocycles. The van der Waals surface area contributed by atoms with Crippen LogP contribution in [-0.2, 0) is 0 Å². The molecule has 0 unspecified atom stereocenters. The van der Waals surface area contributed by atoms with E-state index in [0.29, 0.717) is 0 Å². The molecular weight excluding hydrogens is 166 g/mol. The van der Waals surface area contributed by atoms with Crippen molar-refractivity contribution in [2.75, 3.05) is 25.1 Å². The zero-order valence-electron chi connectivity index (χ0n) is 7.88. The van der Waals surface area contributed by atoms with E-state index in [1.807, 2.05) is 7.05 Å². The Labute approximate surface area is 80.0 Å². The number of hydrogen-bond donors (Lipinski definition) is 1. The van der Waals surface area contributed by atoms with Gasteiger partial charge >= 0.3 is 0 Å². The number of likely N-dealkylation sites (N-methyl/N-ethyl adjacent to an activating group) is 1. The summed E-state index contributed by atoms with van der Waals surface area (Å²) in [5.74, 6) is 3.73. The molecule has 0 aromatic rings. The summed E-state index contributed by atoms with van der Waals surface area (Å²) in [5, 5.41) is 3.11. The molecule has 1 aliphatic rings. The molecule has 0 spiro atoms. The summed E-state index contributed by atoms with van der Waals surface area (Å²) < 4.78 is 0. The SMILES string of the molecule is CNC/C=C\CC1CCSCC1. The zero-order valence-corrected chi connectivity index (χ0v) is 8.70. The summed E-state index contributed by atoms with van der Waals surface area (Å²) >= 11 is 2.11. The summed E-state index contributed by atoms with van der Waals surface area (Å²) in [4.78, 5) is 0. The van der Waals surface area contributed by atoms with E-state index in [2.05, 4.69) is 29.2 Å². The Morgan fingerprint density at radius 2 is 2.08 bits per heavy atom. The topological polar surface area (TPSA) is 12.0 Å². The highest BCUT2D eigenvalue weighted by atomic mass is 32.2. The Hall–Kier alpha value is 0.0500. The Morgan fingerprint density at radius 1 is 1.33 bits per heavy atom. The van der Waals surface area contributed by atoms with E-state index in [9.17, 15) is 0 Å². The van der Waals surface area contributed by atoms with Gasteiger partial charge in [0.2, 0.25) is 0 Å². The van der Waals surface area contributed by atoms with Crippen molar-refractivity contribution in [1.29, 1.82) is 0 Å². The first kappa shape index (κ1) is 10.1. The van der Waals surface area contributed by atoms with Crippen LogP contribution in [0.15, 0.2) is 12.2 Å². The van der Waals surface area contributed by atoms with Crippen molar-refractivity contribution in [2.24, 2.45) is 5.92 Å². The molecule has 0 aromatic carbocycles. The van der Waals surface area contributed by atoms with Crippen LogP contribution in [-0.4, -0.2) is 25.1 Å². The van der Waals surface area contributed by atoms with Crippen molar-refractivity contribution in [3.05, 3.63) is 12.2 Å². The van der Waals surface area contributed by atoms with Gasteiger partial charge in [-0.25, -0.2) is 0 Å². The van der Waals surface area contributed by atoms with Crippen LogP contribution in [0.1, 0.15) is 19.3 Å². The second-order valence-electron chi connectivity index (χ2n) is 3.32. The molecule has 70 valence electrons. The Balaban J connectivity index is 2.04. The number of hydrogen-bond acceptors (Lipinski definition) is 2. The fraction of sp³-hybridized carbons (Fsp3) is 0.800. The van der Waals surface area contributed by atoms with Gasteiger partial charge in [-0.1, -0.05) is 12.2 Å². The number of nitrogens with one attached hydrogen (secondary N) is 1. The quantitative estimate of drug-likeness (QED) is 0.674. The predicted octanol–water partition coefficient (Wildman–Crippen LogP) is 2.30. The van der Waals surface area contributed by atoms with Gasteiger partial charge in [-0.05, 0) is 43.7 Å². The summed E-state index contributed by atoms with van der Waals surface area (Å²) in [7, 11) is 1.99. The molecule has 1 nitrogen and oxygen atoms in total. The van der Waals surface area contributed by atoms with Crippen LogP contribution >= 0.6 is 11.8 Å². The van der Waals surface area contributed by atoms with E-state index >= 15 is 0 Å².